The smallest absolute Gasteiger partial charge is 0.273 e. The maximum absolute atomic E-state index is 12.3. The van der Waals surface area contributed by atoms with E-state index < -0.39 is 0 Å². The Labute approximate surface area is 160 Å². The molecule has 2 aromatic rings. The summed E-state index contributed by atoms with van der Waals surface area (Å²) in [5.74, 6) is 0.305. The lowest BCUT2D eigenvalue weighted by Gasteiger charge is -2.32. The maximum Gasteiger partial charge on any atom is 0.273 e. The van der Waals surface area contributed by atoms with Crippen molar-refractivity contribution in [1.82, 2.24) is 20.0 Å². The molecule has 1 aromatic heterocycles. The van der Waals surface area contributed by atoms with Gasteiger partial charge in [0.05, 0.1) is 5.02 Å². The topological polar surface area (TPSA) is 50.2 Å². The number of carbonyl (C=O) groups is 1. The number of nitrogens with one attached hydrogen (secondary N) is 1. The molecule has 1 aromatic carbocycles. The molecule has 0 spiro atoms. The molecule has 1 saturated heterocycles. The quantitative estimate of drug-likeness (QED) is 0.809. The first-order valence-electron chi connectivity index (χ1n) is 9.43. The molecule has 6 heteroatoms. The van der Waals surface area contributed by atoms with E-state index >= 15 is 0 Å². The lowest BCUT2D eigenvalue weighted by atomic mass is 9.97. The van der Waals surface area contributed by atoms with E-state index in [1.54, 1.807) is 10.9 Å². The third-order valence-corrected chi connectivity index (χ3v) is 5.25. The highest BCUT2D eigenvalue weighted by atomic mass is 35.5. The van der Waals surface area contributed by atoms with Crippen molar-refractivity contribution in [2.75, 3.05) is 26.2 Å². The molecule has 1 N–H and O–H groups in total. The van der Waals surface area contributed by atoms with E-state index in [2.05, 4.69) is 45.6 Å². The Morgan fingerprint density at radius 1 is 1.35 bits per heavy atom. The van der Waals surface area contributed by atoms with Crippen LogP contribution in [0, 0.1) is 5.92 Å². The van der Waals surface area contributed by atoms with Gasteiger partial charge < -0.3 is 10.2 Å². The van der Waals surface area contributed by atoms with Crippen molar-refractivity contribution in [3.05, 3.63) is 52.8 Å². The van der Waals surface area contributed by atoms with Crippen LogP contribution in [0.15, 0.2) is 36.5 Å². The number of hydrogen-bond acceptors (Lipinski definition) is 3. The number of piperidine rings is 1. The van der Waals surface area contributed by atoms with E-state index in [9.17, 15) is 4.79 Å². The summed E-state index contributed by atoms with van der Waals surface area (Å²) in [7, 11) is 0. The van der Waals surface area contributed by atoms with E-state index in [1.165, 1.54) is 12.0 Å². The van der Waals surface area contributed by atoms with Gasteiger partial charge in [-0.05, 0) is 44.2 Å². The van der Waals surface area contributed by atoms with Gasteiger partial charge in [0.2, 0.25) is 0 Å². The number of rotatable bonds is 7. The van der Waals surface area contributed by atoms with Gasteiger partial charge in [0.1, 0.15) is 0 Å². The summed E-state index contributed by atoms with van der Waals surface area (Å²) in [4.78, 5) is 14.9. The molecule has 0 aliphatic carbocycles. The Balaban J connectivity index is 1.45. The van der Waals surface area contributed by atoms with Gasteiger partial charge in [-0.1, -0.05) is 41.9 Å². The van der Waals surface area contributed by atoms with Gasteiger partial charge in [0.15, 0.2) is 5.69 Å². The van der Waals surface area contributed by atoms with Crippen LogP contribution in [-0.4, -0.2) is 46.8 Å². The molecule has 3 rings (SSSR count). The largest absolute Gasteiger partial charge is 0.350 e. The second kappa shape index (κ2) is 9.19. The van der Waals surface area contributed by atoms with Crippen LogP contribution in [0.3, 0.4) is 0 Å². The van der Waals surface area contributed by atoms with Gasteiger partial charge in [-0.15, -0.1) is 0 Å². The second-order valence-corrected chi connectivity index (χ2v) is 7.34. The zero-order chi connectivity index (χ0) is 18.4. The Morgan fingerprint density at radius 3 is 2.88 bits per heavy atom. The molecular weight excluding hydrogens is 348 g/mol. The SMILES string of the molecule is CCn1cc(Cl)c(C(=O)NC[C@H]2CCCN(CCc3ccccc3)C2)n1. The summed E-state index contributed by atoms with van der Waals surface area (Å²) in [5.41, 5.74) is 1.70. The summed E-state index contributed by atoms with van der Waals surface area (Å²) in [5, 5.41) is 7.66. The van der Waals surface area contributed by atoms with Crippen molar-refractivity contribution in [3.8, 4) is 0 Å². The monoisotopic (exact) mass is 374 g/mol. The summed E-state index contributed by atoms with van der Waals surface area (Å²) >= 11 is 6.11. The molecule has 1 amide bonds. The number of aromatic nitrogens is 2. The number of amides is 1. The Hall–Kier alpha value is -1.85. The summed E-state index contributed by atoms with van der Waals surface area (Å²) in [6.45, 7) is 6.59. The molecule has 140 valence electrons. The molecule has 1 aliphatic rings. The van der Waals surface area contributed by atoms with Crippen LogP contribution in [0.25, 0.3) is 0 Å². The average molecular weight is 375 g/mol. The Morgan fingerprint density at radius 2 is 2.15 bits per heavy atom. The molecule has 26 heavy (non-hydrogen) atoms. The van der Waals surface area contributed by atoms with Crippen molar-refractivity contribution in [1.29, 1.82) is 0 Å². The van der Waals surface area contributed by atoms with Crippen LogP contribution < -0.4 is 5.32 Å². The molecule has 0 bridgehead atoms. The number of hydrogen-bond donors (Lipinski definition) is 1. The molecule has 5 nitrogen and oxygen atoms in total. The van der Waals surface area contributed by atoms with E-state index in [4.69, 9.17) is 11.6 Å². The van der Waals surface area contributed by atoms with Crippen molar-refractivity contribution in [2.24, 2.45) is 5.92 Å². The predicted octanol–water partition coefficient (Wildman–Crippen LogP) is 3.24. The predicted molar refractivity (Wildman–Crippen MR) is 105 cm³/mol. The van der Waals surface area contributed by atoms with Crippen LogP contribution in [0.1, 0.15) is 35.8 Å². The third-order valence-electron chi connectivity index (χ3n) is 4.97. The Kier molecular flexibility index (Phi) is 6.69. The highest BCUT2D eigenvalue weighted by molar-refractivity contribution is 6.33. The van der Waals surface area contributed by atoms with Crippen molar-refractivity contribution < 1.29 is 4.79 Å². The van der Waals surface area contributed by atoms with Crippen molar-refractivity contribution >= 4 is 17.5 Å². The first-order chi connectivity index (χ1) is 12.7. The maximum atomic E-state index is 12.3. The molecule has 0 unspecified atom stereocenters. The van der Waals surface area contributed by atoms with Crippen LogP contribution in [-0.2, 0) is 13.0 Å². The molecule has 1 aliphatic heterocycles. The molecule has 0 radical (unpaired) electrons. The number of halogens is 1. The minimum absolute atomic E-state index is 0.177. The fraction of sp³-hybridized carbons (Fsp3) is 0.500. The number of benzene rings is 1. The average Bonchev–Trinajstić information content (AvgIpc) is 3.06. The van der Waals surface area contributed by atoms with Gasteiger partial charge in [-0.25, -0.2) is 0 Å². The normalized spacial score (nSPS) is 18.0. The molecule has 1 fully saturated rings. The first-order valence-corrected chi connectivity index (χ1v) is 9.81. The number of carbonyl (C=O) groups excluding carboxylic acids is 1. The van der Waals surface area contributed by atoms with E-state index in [0.717, 1.165) is 32.5 Å². The third kappa shape index (κ3) is 5.08. The minimum Gasteiger partial charge on any atom is -0.350 e. The van der Waals surface area contributed by atoms with Gasteiger partial charge in [-0.3, -0.25) is 9.48 Å². The summed E-state index contributed by atoms with van der Waals surface area (Å²) in [6.07, 6.45) is 5.10. The lowest BCUT2D eigenvalue weighted by molar-refractivity contribution is 0.0927. The van der Waals surface area contributed by atoms with Crippen LogP contribution >= 0.6 is 11.6 Å². The van der Waals surface area contributed by atoms with Gasteiger partial charge in [-0.2, -0.15) is 5.10 Å². The highest BCUT2D eigenvalue weighted by Gasteiger charge is 2.22. The first kappa shape index (κ1) is 18.9. The zero-order valence-electron chi connectivity index (χ0n) is 15.3. The summed E-state index contributed by atoms with van der Waals surface area (Å²) < 4.78 is 1.68. The Bertz CT molecular complexity index is 716. The number of aryl methyl sites for hydroxylation is 1. The van der Waals surface area contributed by atoms with E-state index in [1.807, 2.05) is 6.92 Å². The van der Waals surface area contributed by atoms with Gasteiger partial charge in [0, 0.05) is 32.4 Å². The van der Waals surface area contributed by atoms with Gasteiger partial charge in [0.25, 0.3) is 5.91 Å². The highest BCUT2D eigenvalue weighted by Crippen LogP contribution is 2.17. The van der Waals surface area contributed by atoms with E-state index in [-0.39, 0.29) is 5.91 Å². The standard InChI is InChI=1S/C20H27ClN4O/c1-2-25-15-18(21)19(23-25)20(26)22-13-17-9-6-11-24(14-17)12-10-16-7-4-3-5-8-16/h3-5,7-8,15,17H,2,6,9-14H2,1H3,(H,22,26)/t17-/m1/s1. The second-order valence-electron chi connectivity index (χ2n) is 6.94. The zero-order valence-corrected chi connectivity index (χ0v) is 16.1. The number of nitrogens with zero attached hydrogens (tertiary/aromatic N) is 3. The molecule has 1 atom stereocenters. The van der Waals surface area contributed by atoms with E-state index in [0.29, 0.717) is 29.7 Å². The molecule has 2 heterocycles. The minimum atomic E-state index is -0.177. The fourth-order valence-electron chi connectivity index (χ4n) is 3.49. The van der Waals surface area contributed by atoms with Crippen LogP contribution in [0.2, 0.25) is 5.02 Å². The fourth-order valence-corrected chi connectivity index (χ4v) is 3.72. The van der Waals surface area contributed by atoms with Crippen molar-refractivity contribution in [3.63, 3.8) is 0 Å². The van der Waals surface area contributed by atoms with Crippen LogP contribution in [0.4, 0.5) is 0 Å². The lowest BCUT2D eigenvalue weighted by Crippen LogP contribution is -2.41. The number of likely N-dealkylation sites (tertiary alicyclic amines) is 1. The molecule has 0 saturated carbocycles. The van der Waals surface area contributed by atoms with Crippen LogP contribution in [0.5, 0.6) is 0 Å². The molecular formula is C20H27ClN4O. The van der Waals surface area contributed by atoms with Gasteiger partial charge >= 0.3 is 0 Å². The van der Waals surface area contributed by atoms with Crippen molar-refractivity contribution in [2.45, 2.75) is 32.7 Å². The summed E-state index contributed by atoms with van der Waals surface area (Å²) in [6, 6.07) is 10.6.